The van der Waals surface area contributed by atoms with Gasteiger partial charge in [0.15, 0.2) is 0 Å². The van der Waals surface area contributed by atoms with Gasteiger partial charge >= 0.3 is 0 Å². The van der Waals surface area contributed by atoms with E-state index < -0.39 is 0 Å². The largest absolute Gasteiger partial charge is 0.492 e. The number of rotatable bonds is 3. The number of anilines is 2. The van der Waals surface area contributed by atoms with Crippen molar-refractivity contribution in [1.82, 2.24) is 9.97 Å². The predicted molar refractivity (Wildman–Crippen MR) is 89.8 cm³/mol. The summed E-state index contributed by atoms with van der Waals surface area (Å²) in [5, 5.41) is 15.1. The normalized spacial score (nSPS) is 13.0. The number of para-hydroxylation sites is 1. The van der Waals surface area contributed by atoms with Gasteiger partial charge in [0, 0.05) is 17.5 Å². The maximum absolute atomic E-state index is 10.0. The SMILES string of the molecule is Oc1nc(Nc2ccccc2)[nH]c1/C=c1\ccc2c(c1)C=CN=2. The summed E-state index contributed by atoms with van der Waals surface area (Å²) >= 11 is 0. The van der Waals surface area contributed by atoms with Crippen molar-refractivity contribution in [3.8, 4) is 5.88 Å². The highest BCUT2D eigenvalue weighted by molar-refractivity contribution is 5.60. The van der Waals surface area contributed by atoms with Gasteiger partial charge < -0.3 is 15.4 Å². The van der Waals surface area contributed by atoms with Crippen LogP contribution in [0.15, 0.2) is 59.7 Å². The summed E-state index contributed by atoms with van der Waals surface area (Å²) in [5.74, 6) is 0.458. The molecule has 0 radical (unpaired) electrons. The van der Waals surface area contributed by atoms with Crippen molar-refractivity contribution in [1.29, 1.82) is 0 Å². The van der Waals surface area contributed by atoms with Crippen LogP contribution < -0.4 is 15.9 Å². The molecule has 0 fully saturated rings. The summed E-state index contributed by atoms with van der Waals surface area (Å²) < 4.78 is 0. The Morgan fingerprint density at radius 2 is 1.96 bits per heavy atom. The van der Waals surface area contributed by atoms with Crippen molar-refractivity contribution in [2.75, 3.05) is 5.32 Å². The summed E-state index contributed by atoms with van der Waals surface area (Å²) in [6.07, 6.45) is 5.59. The molecule has 0 saturated heterocycles. The standard InChI is InChI=1S/C18H14N4O/c23-17-16(11-12-6-7-15-13(10-12)8-9-19-15)21-18(22-17)20-14-4-2-1-3-5-14/h1-11,23H,(H2,20,21,22)/b12-11+. The van der Waals surface area contributed by atoms with E-state index >= 15 is 0 Å². The number of hydrogen-bond acceptors (Lipinski definition) is 4. The summed E-state index contributed by atoms with van der Waals surface area (Å²) in [5.41, 5.74) is 2.53. The lowest BCUT2D eigenvalue weighted by Gasteiger charge is -2.00. The molecule has 0 atom stereocenters. The van der Waals surface area contributed by atoms with Crippen LogP contribution in [0.1, 0.15) is 11.3 Å². The highest BCUT2D eigenvalue weighted by atomic mass is 16.3. The first kappa shape index (κ1) is 13.3. The molecule has 3 aromatic rings. The number of fused-ring (bicyclic) bond motifs is 1. The highest BCUT2D eigenvalue weighted by Gasteiger charge is 2.07. The monoisotopic (exact) mass is 302 g/mol. The third-order valence-corrected chi connectivity index (χ3v) is 3.58. The van der Waals surface area contributed by atoms with Gasteiger partial charge in [0.05, 0.1) is 5.36 Å². The zero-order chi connectivity index (χ0) is 15.6. The maximum Gasteiger partial charge on any atom is 0.238 e. The molecule has 23 heavy (non-hydrogen) atoms. The van der Waals surface area contributed by atoms with E-state index in [1.54, 1.807) is 6.20 Å². The summed E-state index contributed by atoms with van der Waals surface area (Å²) in [7, 11) is 0. The van der Waals surface area contributed by atoms with Gasteiger partial charge in [0.25, 0.3) is 0 Å². The number of aromatic hydroxyl groups is 1. The summed E-state index contributed by atoms with van der Waals surface area (Å²) in [4.78, 5) is 11.4. The Bertz CT molecular complexity index is 1000. The third kappa shape index (κ3) is 2.72. The molecule has 2 heterocycles. The molecule has 0 saturated carbocycles. The number of H-pyrrole nitrogens is 1. The van der Waals surface area contributed by atoms with Crippen molar-refractivity contribution >= 4 is 23.8 Å². The van der Waals surface area contributed by atoms with E-state index in [1.165, 1.54) is 0 Å². The van der Waals surface area contributed by atoms with Crippen LogP contribution in [0.5, 0.6) is 5.88 Å². The fourth-order valence-corrected chi connectivity index (χ4v) is 2.47. The van der Waals surface area contributed by atoms with Crippen LogP contribution in [-0.4, -0.2) is 15.1 Å². The average molecular weight is 302 g/mol. The molecule has 4 rings (SSSR count). The second-order valence-electron chi connectivity index (χ2n) is 5.22. The van der Waals surface area contributed by atoms with Gasteiger partial charge in [-0.05, 0) is 41.6 Å². The summed E-state index contributed by atoms with van der Waals surface area (Å²) in [6, 6.07) is 15.6. The zero-order valence-corrected chi connectivity index (χ0v) is 12.2. The molecule has 1 aliphatic heterocycles. The van der Waals surface area contributed by atoms with E-state index in [-0.39, 0.29) is 5.88 Å². The smallest absolute Gasteiger partial charge is 0.238 e. The van der Waals surface area contributed by atoms with Crippen molar-refractivity contribution in [3.05, 3.63) is 76.6 Å². The first-order valence-corrected chi connectivity index (χ1v) is 7.25. The molecule has 0 aliphatic carbocycles. The van der Waals surface area contributed by atoms with Crippen LogP contribution in [0.2, 0.25) is 0 Å². The quantitative estimate of drug-likeness (QED) is 0.695. The fourth-order valence-electron chi connectivity index (χ4n) is 2.47. The zero-order valence-electron chi connectivity index (χ0n) is 12.2. The van der Waals surface area contributed by atoms with Gasteiger partial charge in [0.1, 0.15) is 5.69 Å². The first-order chi connectivity index (χ1) is 11.3. The lowest BCUT2D eigenvalue weighted by molar-refractivity contribution is 0.455. The van der Waals surface area contributed by atoms with Gasteiger partial charge in [-0.15, -0.1) is 0 Å². The number of aromatic amines is 1. The van der Waals surface area contributed by atoms with E-state index in [9.17, 15) is 5.11 Å². The second kappa shape index (κ2) is 5.46. The number of nitrogens with one attached hydrogen (secondary N) is 2. The van der Waals surface area contributed by atoms with Crippen LogP contribution in [-0.2, 0) is 0 Å². The molecule has 0 bridgehead atoms. The molecule has 5 nitrogen and oxygen atoms in total. The molecule has 1 aliphatic rings. The van der Waals surface area contributed by atoms with E-state index in [0.29, 0.717) is 11.6 Å². The van der Waals surface area contributed by atoms with Gasteiger partial charge in [-0.2, -0.15) is 4.98 Å². The van der Waals surface area contributed by atoms with Crippen molar-refractivity contribution in [2.24, 2.45) is 4.99 Å². The van der Waals surface area contributed by atoms with Crippen LogP contribution in [0.4, 0.5) is 11.6 Å². The molecule has 0 spiro atoms. The number of aromatic nitrogens is 2. The molecule has 0 amide bonds. The Labute approximate surface area is 132 Å². The summed E-state index contributed by atoms with van der Waals surface area (Å²) in [6.45, 7) is 0. The first-order valence-electron chi connectivity index (χ1n) is 7.25. The van der Waals surface area contributed by atoms with Gasteiger partial charge in [0.2, 0.25) is 11.8 Å². The van der Waals surface area contributed by atoms with E-state index in [2.05, 4.69) is 20.3 Å². The Hall–Kier alpha value is -3.34. The second-order valence-corrected chi connectivity index (χ2v) is 5.22. The Balaban J connectivity index is 1.66. The van der Waals surface area contributed by atoms with Crippen molar-refractivity contribution in [3.63, 3.8) is 0 Å². The number of benzene rings is 2. The van der Waals surface area contributed by atoms with Crippen LogP contribution >= 0.6 is 0 Å². The van der Waals surface area contributed by atoms with Crippen molar-refractivity contribution in [2.45, 2.75) is 0 Å². The molecule has 2 aromatic carbocycles. The lowest BCUT2D eigenvalue weighted by Crippen LogP contribution is -2.10. The lowest BCUT2D eigenvalue weighted by atomic mass is 10.1. The molecule has 1 aromatic heterocycles. The minimum absolute atomic E-state index is 0.0378. The fraction of sp³-hybridized carbons (Fsp3) is 0. The van der Waals surface area contributed by atoms with Crippen molar-refractivity contribution < 1.29 is 5.11 Å². The molecular weight excluding hydrogens is 288 g/mol. The van der Waals surface area contributed by atoms with E-state index in [4.69, 9.17) is 0 Å². The third-order valence-electron chi connectivity index (χ3n) is 3.58. The van der Waals surface area contributed by atoms with Crippen LogP contribution in [0.3, 0.4) is 0 Å². The average Bonchev–Trinajstić information content (AvgIpc) is 3.15. The highest BCUT2D eigenvalue weighted by Crippen LogP contribution is 2.20. The van der Waals surface area contributed by atoms with Crippen LogP contribution in [0.25, 0.3) is 12.2 Å². The number of hydrogen-bond donors (Lipinski definition) is 3. The van der Waals surface area contributed by atoms with Gasteiger partial charge in [-0.1, -0.05) is 24.3 Å². The van der Waals surface area contributed by atoms with E-state index in [0.717, 1.165) is 21.8 Å². The Kier molecular flexibility index (Phi) is 3.16. The molecule has 3 N–H and O–H groups in total. The number of nitrogens with zero attached hydrogens (tertiary/aromatic N) is 2. The van der Waals surface area contributed by atoms with Crippen LogP contribution in [0, 0.1) is 0 Å². The topological polar surface area (TPSA) is 73.3 Å². The predicted octanol–water partition coefficient (Wildman–Crippen LogP) is 2.29. The van der Waals surface area contributed by atoms with E-state index in [1.807, 2.05) is 60.7 Å². The molecule has 112 valence electrons. The minimum atomic E-state index is -0.0378. The van der Waals surface area contributed by atoms with Gasteiger partial charge in [-0.25, -0.2) is 0 Å². The van der Waals surface area contributed by atoms with Gasteiger partial charge in [-0.3, -0.25) is 4.99 Å². The molecular formula is C18H14N4O. The Morgan fingerprint density at radius 1 is 1.09 bits per heavy atom. The molecule has 0 unspecified atom stereocenters. The Morgan fingerprint density at radius 3 is 2.83 bits per heavy atom. The molecule has 5 heteroatoms. The maximum atomic E-state index is 10.0. The number of imidazole rings is 1. The minimum Gasteiger partial charge on any atom is -0.492 e.